The van der Waals surface area contributed by atoms with Crippen molar-refractivity contribution in [1.82, 2.24) is 0 Å². The van der Waals surface area contributed by atoms with Gasteiger partial charge in [-0.05, 0) is 49.9 Å². The molecule has 2 fully saturated rings. The Bertz CT molecular complexity index is 255. The van der Waals surface area contributed by atoms with Crippen molar-refractivity contribution in [2.45, 2.75) is 78.1 Å². The van der Waals surface area contributed by atoms with E-state index in [-0.39, 0.29) is 5.41 Å². The van der Waals surface area contributed by atoms with Gasteiger partial charge in [-0.3, -0.25) is 0 Å². The van der Waals surface area contributed by atoms with E-state index in [9.17, 15) is 4.39 Å². The highest BCUT2D eigenvalue weighted by Gasteiger charge is 2.56. The molecule has 108 valence electrons. The molecule has 0 nitrogen and oxygen atoms in total. The van der Waals surface area contributed by atoms with E-state index in [1.54, 1.807) is 0 Å². The van der Waals surface area contributed by atoms with E-state index in [1.165, 1.54) is 6.42 Å². The van der Waals surface area contributed by atoms with Crippen LogP contribution >= 0.6 is 12.6 Å². The molecule has 6 atom stereocenters. The normalized spacial score (nSPS) is 44.2. The summed E-state index contributed by atoms with van der Waals surface area (Å²) in [7, 11) is 0. The van der Waals surface area contributed by atoms with E-state index < -0.39 is 6.17 Å². The lowest BCUT2D eigenvalue weighted by Gasteiger charge is -2.29. The zero-order valence-electron chi connectivity index (χ0n) is 12.7. The number of halogens is 1. The quantitative estimate of drug-likeness (QED) is 0.643. The Hall–Kier alpha value is 0.280. The van der Waals surface area contributed by atoms with Crippen LogP contribution in [-0.2, 0) is 0 Å². The molecule has 0 aromatic heterocycles. The smallest absolute Gasteiger partial charge is 0.106 e. The topological polar surface area (TPSA) is 0 Å². The summed E-state index contributed by atoms with van der Waals surface area (Å²) in [4.78, 5) is 0. The van der Waals surface area contributed by atoms with Crippen LogP contribution in [0.2, 0.25) is 0 Å². The van der Waals surface area contributed by atoms with Gasteiger partial charge in [0.15, 0.2) is 0 Å². The summed E-state index contributed by atoms with van der Waals surface area (Å²) in [6.07, 6.45) is 4.77. The maximum absolute atomic E-state index is 14.0. The molecule has 0 aromatic carbocycles. The minimum atomic E-state index is -0.551. The predicted molar refractivity (Wildman–Crippen MR) is 82.0 cm³/mol. The molecule has 2 heteroatoms. The zero-order chi connectivity index (χ0) is 13.9. The molecule has 2 aliphatic carbocycles. The van der Waals surface area contributed by atoms with Crippen molar-refractivity contribution < 1.29 is 4.39 Å². The van der Waals surface area contributed by atoms with E-state index in [0.29, 0.717) is 23.0 Å². The van der Waals surface area contributed by atoms with Gasteiger partial charge in [0.05, 0.1) is 0 Å². The molecule has 2 saturated carbocycles. The van der Waals surface area contributed by atoms with Gasteiger partial charge in [-0.2, -0.15) is 12.6 Å². The van der Waals surface area contributed by atoms with E-state index in [2.05, 4.69) is 33.4 Å². The summed E-state index contributed by atoms with van der Waals surface area (Å²) in [6.45, 7) is 10.7. The molecular weight excluding hydrogens is 243 g/mol. The van der Waals surface area contributed by atoms with Gasteiger partial charge in [0, 0.05) is 10.7 Å². The van der Waals surface area contributed by atoms with Gasteiger partial charge in [0.25, 0.3) is 0 Å². The van der Waals surface area contributed by atoms with E-state index in [1.807, 2.05) is 13.8 Å². The van der Waals surface area contributed by atoms with Crippen molar-refractivity contribution in [3.63, 3.8) is 0 Å². The Labute approximate surface area is 119 Å². The standard InChI is InChI=1S/C14H25FS.C2H6/c1-4-10(16)7-11-9(2)8-14(3)12(11)5-6-13(14)15;1-2/h9-13,16H,4-8H2,1-3H3;1-2H3. The van der Waals surface area contributed by atoms with Gasteiger partial charge < -0.3 is 0 Å². The third-order valence-corrected chi connectivity index (χ3v) is 5.89. The van der Waals surface area contributed by atoms with Gasteiger partial charge in [-0.25, -0.2) is 4.39 Å². The van der Waals surface area contributed by atoms with Gasteiger partial charge in [0.2, 0.25) is 0 Å². The molecule has 0 radical (unpaired) electrons. The molecular formula is C16H31FS. The first-order valence-corrected chi connectivity index (χ1v) is 8.32. The molecule has 0 aliphatic heterocycles. The maximum Gasteiger partial charge on any atom is 0.106 e. The minimum Gasteiger partial charge on any atom is -0.247 e. The van der Waals surface area contributed by atoms with Crippen LogP contribution in [0.15, 0.2) is 0 Å². The lowest BCUT2D eigenvalue weighted by atomic mass is 9.78. The Morgan fingerprint density at radius 1 is 1.33 bits per heavy atom. The Balaban J connectivity index is 0.000000771. The van der Waals surface area contributed by atoms with Crippen LogP contribution in [0, 0.1) is 23.2 Å². The first-order chi connectivity index (χ1) is 8.49. The Morgan fingerprint density at radius 2 is 1.94 bits per heavy atom. The summed E-state index contributed by atoms with van der Waals surface area (Å²) >= 11 is 4.63. The number of hydrogen-bond donors (Lipinski definition) is 1. The number of hydrogen-bond acceptors (Lipinski definition) is 1. The summed E-state index contributed by atoms with van der Waals surface area (Å²) in [6, 6.07) is 0. The lowest BCUT2D eigenvalue weighted by molar-refractivity contribution is 0.125. The maximum atomic E-state index is 14.0. The van der Waals surface area contributed by atoms with Crippen molar-refractivity contribution in [2.24, 2.45) is 23.2 Å². The number of rotatable bonds is 3. The molecule has 0 bridgehead atoms. The summed E-state index contributed by atoms with van der Waals surface area (Å²) in [5.41, 5.74) is -0.00861. The van der Waals surface area contributed by atoms with Crippen molar-refractivity contribution in [3.05, 3.63) is 0 Å². The van der Waals surface area contributed by atoms with Crippen molar-refractivity contribution in [1.29, 1.82) is 0 Å². The number of fused-ring (bicyclic) bond motifs is 1. The molecule has 18 heavy (non-hydrogen) atoms. The number of thiol groups is 1. The largest absolute Gasteiger partial charge is 0.247 e. The van der Waals surface area contributed by atoms with Crippen LogP contribution in [0.5, 0.6) is 0 Å². The third kappa shape index (κ3) is 2.89. The molecule has 0 N–H and O–H groups in total. The van der Waals surface area contributed by atoms with E-state index >= 15 is 0 Å². The van der Waals surface area contributed by atoms with Gasteiger partial charge in [0.1, 0.15) is 6.17 Å². The molecule has 0 amide bonds. The molecule has 0 saturated heterocycles. The first-order valence-electron chi connectivity index (χ1n) is 7.81. The summed E-state index contributed by atoms with van der Waals surface area (Å²) in [5, 5.41) is 0.508. The van der Waals surface area contributed by atoms with Crippen LogP contribution in [0.3, 0.4) is 0 Å². The van der Waals surface area contributed by atoms with Crippen LogP contribution in [0.25, 0.3) is 0 Å². The van der Waals surface area contributed by atoms with E-state index in [4.69, 9.17) is 0 Å². The van der Waals surface area contributed by atoms with Crippen LogP contribution in [0.4, 0.5) is 4.39 Å². The first kappa shape index (κ1) is 16.3. The average molecular weight is 274 g/mol. The summed E-state index contributed by atoms with van der Waals surface area (Å²) in [5.74, 6) is 2.03. The Kier molecular flexibility index (Phi) is 6.02. The van der Waals surface area contributed by atoms with Gasteiger partial charge >= 0.3 is 0 Å². The average Bonchev–Trinajstić information content (AvgIpc) is 2.77. The highest BCUT2D eigenvalue weighted by molar-refractivity contribution is 7.80. The highest BCUT2D eigenvalue weighted by atomic mass is 32.1. The highest BCUT2D eigenvalue weighted by Crippen LogP contribution is 2.61. The minimum absolute atomic E-state index is 0.00861. The molecule has 0 spiro atoms. The number of alkyl halides is 1. The van der Waals surface area contributed by atoms with Gasteiger partial charge in [-0.1, -0.05) is 34.6 Å². The predicted octanol–water partition coefficient (Wildman–Crippen LogP) is 5.52. The fourth-order valence-electron chi connectivity index (χ4n) is 4.32. The fraction of sp³-hybridized carbons (Fsp3) is 1.00. The van der Waals surface area contributed by atoms with Crippen LogP contribution in [0.1, 0.15) is 66.7 Å². The van der Waals surface area contributed by atoms with Crippen molar-refractivity contribution >= 4 is 12.6 Å². The van der Waals surface area contributed by atoms with Crippen LogP contribution in [-0.4, -0.2) is 11.4 Å². The lowest BCUT2D eigenvalue weighted by Crippen LogP contribution is -2.27. The fourth-order valence-corrected chi connectivity index (χ4v) is 4.56. The Morgan fingerprint density at radius 3 is 2.50 bits per heavy atom. The third-order valence-electron chi connectivity index (χ3n) is 5.32. The second-order valence-corrected chi connectivity index (χ2v) is 7.03. The van der Waals surface area contributed by atoms with E-state index in [0.717, 1.165) is 25.7 Å². The molecule has 2 aliphatic rings. The SMILES string of the molecule is CC.CCC(S)CC1C(C)CC2(C)C(F)CCC12. The molecule has 0 heterocycles. The summed E-state index contributed by atoms with van der Waals surface area (Å²) < 4.78 is 14.0. The monoisotopic (exact) mass is 274 g/mol. The van der Waals surface area contributed by atoms with Gasteiger partial charge in [-0.15, -0.1) is 0 Å². The molecule has 0 aromatic rings. The molecule has 2 rings (SSSR count). The second kappa shape index (κ2) is 6.63. The second-order valence-electron chi connectivity index (χ2n) is 6.30. The zero-order valence-corrected chi connectivity index (χ0v) is 13.6. The van der Waals surface area contributed by atoms with Crippen molar-refractivity contribution in [3.8, 4) is 0 Å². The molecule has 6 unspecified atom stereocenters. The van der Waals surface area contributed by atoms with Crippen LogP contribution < -0.4 is 0 Å². The van der Waals surface area contributed by atoms with Crippen molar-refractivity contribution in [2.75, 3.05) is 0 Å².